The average molecular weight is 459 g/mol. The van der Waals surface area contributed by atoms with Gasteiger partial charge in [0.25, 0.3) is 0 Å². The first-order valence-electron chi connectivity index (χ1n) is 14.6. The fraction of sp³-hybridized carbons (Fsp3) is 0.935. The SMILES string of the molecule is COCCCOC1CC[C@@]2(C)C(=CC[C@H]3[C@@H]4CC[C@H]([C@H](C)CCCC(C)C)[C@@]4(C)CC[C@@H]32)C1. The predicted octanol–water partition coefficient (Wildman–Crippen LogP) is 8.45. The summed E-state index contributed by atoms with van der Waals surface area (Å²) in [5, 5.41) is 0. The second-order valence-corrected chi connectivity index (χ2v) is 13.4. The molecule has 0 amide bonds. The quantitative estimate of drug-likeness (QED) is 0.241. The third-order valence-corrected chi connectivity index (χ3v) is 11.1. The maximum Gasteiger partial charge on any atom is 0.0612 e. The molecule has 0 radical (unpaired) electrons. The van der Waals surface area contributed by atoms with E-state index >= 15 is 0 Å². The molecule has 0 bridgehead atoms. The van der Waals surface area contributed by atoms with E-state index < -0.39 is 0 Å². The van der Waals surface area contributed by atoms with Crippen LogP contribution in [0.25, 0.3) is 0 Å². The van der Waals surface area contributed by atoms with Crippen molar-refractivity contribution in [2.75, 3.05) is 20.3 Å². The normalized spacial score (nSPS) is 41.3. The summed E-state index contributed by atoms with van der Waals surface area (Å²) in [5.41, 5.74) is 2.80. The zero-order chi connectivity index (χ0) is 23.6. The Morgan fingerprint density at radius 3 is 2.52 bits per heavy atom. The molecular formula is C31H54O2. The smallest absolute Gasteiger partial charge is 0.0612 e. The van der Waals surface area contributed by atoms with E-state index in [0.717, 1.165) is 55.1 Å². The number of allylic oxidation sites excluding steroid dienone is 1. The molecule has 0 spiro atoms. The topological polar surface area (TPSA) is 18.5 Å². The van der Waals surface area contributed by atoms with Crippen LogP contribution < -0.4 is 0 Å². The molecule has 3 saturated carbocycles. The number of hydrogen-bond donors (Lipinski definition) is 0. The summed E-state index contributed by atoms with van der Waals surface area (Å²) < 4.78 is 11.5. The molecule has 33 heavy (non-hydrogen) atoms. The number of fused-ring (bicyclic) bond motifs is 5. The minimum absolute atomic E-state index is 0.439. The first-order chi connectivity index (χ1) is 15.8. The summed E-state index contributed by atoms with van der Waals surface area (Å²) in [4.78, 5) is 0. The van der Waals surface area contributed by atoms with Crippen LogP contribution in [0.2, 0.25) is 0 Å². The summed E-state index contributed by atoms with van der Waals surface area (Å²) >= 11 is 0. The fourth-order valence-electron chi connectivity index (χ4n) is 9.25. The van der Waals surface area contributed by atoms with Gasteiger partial charge in [-0.2, -0.15) is 0 Å². The highest BCUT2D eigenvalue weighted by atomic mass is 16.5. The molecule has 2 nitrogen and oxygen atoms in total. The number of rotatable bonds is 10. The maximum absolute atomic E-state index is 6.27. The van der Waals surface area contributed by atoms with Crippen molar-refractivity contribution in [3.05, 3.63) is 11.6 Å². The van der Waals surface area contributed by atoms with Crippen molar-refractivity contribution >= 4 is 0 Å². The summed E-state index contributed by atoms with van der Waals surface area (Å²) in [6.07, 6.45) is 19.5. The zero-order valence-electron chi connectivity index (χ0n) is 22.8. The number of hydrogen-bond acceptors (Lipinski definition) is 2. The molecule has 0 heterocycles. The monoisotopic (exact) mass is 458 g/mol. The Hall–Kier alpha value is -0.340. The van der Waals surface area contributed by atoms with Gasteiger partial charge >= 0.3 is 0 Å². The van der Waals surface area contributed by atoms with Crippen molar-refractivity contribution in [3.63, 3.8) is 0 Å². The fourth-order valence-corrected chi connectivity index (χ4v) is 9.25. The third-order valence-electron chi connectivity index (χ3n) is 11.1. The Kier molecular flexibility index (Phi) is 8.37. The Morgan fingerprint density at radius 1 is 0.939 bits per heavy atom. The lowest BCUT2D eigenvalue weighted by molar-refractivity contribution is -0.0646. The molecule has 1 unspecified atom stereocenters. The first kappa shape index (κ1) is 25.7. The molecule has 0 aromatic carbocycles. The van der Waals surface area contributed by atoms with Crippen molar-refractivity contribution in [1.82, 2.24) is 0 Å². The van der Waals surface area contributed by atoms with Crippen LogP contribution >= 0.6 is 0 Å². The van der Waals surface area contributed by atoms with Gasteiger partial charge in [-0.15, -0.1) is 0 Å². The van der Waals surface area contributed by atoms with Gasteiger partial charge in [-0.25, -0.2) is 0 Å². The molecule has 0 N–H and O–H groups in total. The van der Waals surface area contributed by atoms with Crippen LogP contribution in [0.4, 0.5) is 0 Å². The van der Waals surface area contributed by atoms with Gasteiger partial charge < -0.3 is 9.47 Å². The minimum Gasteiger partial charge on any atom is -0.385 e. The second-order valence-electron chi connectivity index (χ2n) is 13.4. The third kappa shape index (κ3) is 5.13. The molecular weight excluding hydrogens is 404 g/mol. The lowest BCUT2D eigenvalue weighted by Gasteiger charge is -2.58. The zero-order valence-corrected chi connectivity index (χ0v) is 22.8. The van der Waals surface area contributed by atoms with Crippen LogP contribution in [0.3, 0.4) is 0 Å². The van der Waals surface area contributed by atoms with Crippen LogP contribution in [-0.4, -0.2) is 26.4 Å². The summed E-state index contributed by atoms with van der Waals surface area (Å²) in [6, 6.07) is 0. The van der Waals surface area contributed by atoms with Gasteiger partial charge in [0, 0.05) is 20.3 Å². The average Bonchev–Trinajstić information content (AvgIpc) is 3.14. The van der Waals surface area contributed by atoms with Gasteiger partial charge in [-0.1, -0.05) is 65.5 Å². The molecule has 0 aromatic heterocycles. The van der Waals surface area contributed by atoms with E-state index in [4.69, 9.17) is 9.47 Å². The standard InChI is InChI=1S/C31H54O2/c1-22(2)9-7-10-23(3)27-13-14-28-26-12-11-24-21-25(33-20-8-19-32-6)15-17-30(24,4)29(26)16-18-31(27,28)5/h11,22-23,25-29H,7-10,12-21H2,1-6H3/t23-,25?,26+,27-,28+,29+,30+,31-/m1/s1. The van der Waals surface area contributed by atoms with Crippen molar-refractivity contribution in [2.24, 2.45) is 46.3 Å². The Labute approximate surface area is 205 Å². The van der Waals surface area contributed by atoms with Gasteiger partial charge in [-0.05, 0) is 104 Å². The Balaban J connectivity index is 1.40. The number of methoxy groups -OCH3 is 1. The lowest BCUT2D eigenvalue weighted by Crippen LogP contribution is -2.51. The number of ether oxygens (including phenoxy) is 2. The van der Waals surface area contributed by atoms with Crippen LogP contribution in [0.1, 0.15) is 112 Å². The van der Waals surface area contributed by atoms with Gasteiger partial charge in [0.2, 0.25) is 0 Å². The van der Waals surface area contributed by atoms with E-state index in [-0.39, 0.29) is 0 Å². The largest absolute Gasteiger partial charge is 0.385 e. The van der Waals surface area contributed by atoms with Crippen molar-refractivity contribution in [3.8, 4) is 0 Å². The van der Waals surface area contributed by atoms with Gasteiger partial charge in [0.1, 0.15) is 0 Å². The maximum atomic E-state index is 6.27. The summed E-state index contributed by atoms with van der Waals surface area (Å²) in [5.74, 6) is 5.54. The van der Waals surface area contributed by atoms with Crippen LogP contribution in [-0.2, 0) is 9.47 Å². The highest BCUT2D eigenvalue weighted by Crippen LogP contribution is 2.67. The van der Waals surface area contributed by atoms with Gasteiger partial charge in [-0.3, -0.25) is 0 Å². The van der Waals surface area contributed by atoms with Crippen LogP contribution in [0, 0.1) is 46.3 Å². The summed E-state index contributed by atoms with van der Waals surface area (Å²) in [6.45, 7) is 14.4. The van der Waals surface area contributed by atoms with Crippen molar-refractivity contribution < 1.29 is 9.47 Å². The van der Waals surface area contributed by atoms with E-state index in [1.807, 2.05) is 0 Å². The molecule has 3 fully saturated rings. The Morgan fingerprint density at radius 2 is 1.76 bits per heavy atom. The first-order valence-corrected chi connectivity index (χ1v) is 14.6. The van der Waals surface area contributed by atoms with E-state index in [0.29, 0.717) is 16.9 Å². The highest BCUT2D eigenvalue weighted by Gasteiger charge is 2.59. The lowest BCUT2D eigenvalue weighted by atomic mass is 9.47. The van der Waals surface area contributed by atoms with Gasteiger partial charge in [0.15, 0.2) is 0 Å². The molecule has 190 valence electrons. The molecule has 4 rings (SSSR count). The predicted molar refractivity (Wildman–Crippen MR) is 139 cm³/mol. The van der Waals surface area contributed by atoms with Crippen molar-refractivity contribution in [2.45, 2.75) is 118 Å². The molecule has 0 saturated heterocycles. The Bertz CT molecular complexity index is 668. The van der Waals surface area contributed by atoms with Gasteiger partial charge in [0.05, 0.1) is 6.10 Å². The minimum atomic E-state index is 0.439. The van der Waals surface area contributed by atoms with E-state index in [1.165, 1.54) is 70.6 Å². The molecule has 0 aliphatic heterocycles. The molecule has 4 aliphatic carbocycles. The van der Waals surface area contributed by atoms with Crippen LogP contribution in [0.15, 0.2) is 11.6 Å². The molecule has 2 heteroatoms. The molecule has 8 atom stereocenters. The van der Waals surface area contributed by atoms with Crippen LogP contribution in [0.5, 0.6) is 0 Å². The van der Waals surface area contributed by atoms with E-state index in [1.54, 1.807) is 12.7 Å². The molecule has 4 aliphatic rings. The van der Waals surface area contributed by atoms with E-state index in [9.17, 15) is 0 Å². The highest BCUT2D eigenvalue weighted by molar-refractivity contribution is 5.25. The molecule has 0 aromatic rings. The van der Waals surface area contributed by atoms with E-state index in [2.05, 4.69) is 40.7 Å². The second kappa shape index (κ2) is 10.7. The van der Waals surface area contributed by atoms with Crippen molar-refractivity contribution in [1.29, 1.82) is 0 Å². The summed E-state index contributed by atoms with van der Waals surface area (Å²) in [7, 11) is 1.78.